The zero-order chi connectivity index (χ0) is 13.8. The van der Waals surface area contributed by atoms with Gasteiger partial charge in [0.05, 0.1) is 17.7 Å². The van der Waals surface area contributed by atoms with Crippen LogP contribution in [-0.4, -0.2) is 16.1 Å². The van der Waals surface area contributed by atoms with Crippen molar-refractivity contribution in [2.75, 3.05) is 6.54 Å². The lowest BCUT2D eigenvalue weighted by atomic mass is 10.1. The quantitative estimate of drug-likeness (QED) is 0.887. The maximum atomic E-state index is 4.40. The molecule has 1 heterocycles. The number of rotatable bonds is 5. The van der Waals surface area contributed by atoms with Gasteiger partial charge in [0.2, 0.25) is 0 Å². The molecule has 0 bridgehead atoms. The lowest BCUT2D eigenvalue weighted by Crippen LogP contribution is -2.20. The summed E-state index contributed by atoms with van der Waals surface area (Å²) in [5.74, 6) is 0. The molecule has 0 saturated carbocycles. The van der Waals surface area contributed by atoms with E-state index in [1.54, 1.807) is 0 Å². The molecular formula is C16H23N3. The number of nitrogens with one attached hydrogen (secondary N) is 1. The fraction of sp³-hybridized carbons (Fsp3) is 0.438. The van der Waals surface area contributed by atoms with Gasteiger partial charge >= 0.3 is 0 Å². The number of nitrogens with zero attached hydrogens (tertiary/aromatic N) is 2. The van der Waals surface area contributed by atoms with E-state index in [9.17, 15) is 0 Å². The average Bonchev–Trinajstić information content (AvgIpc) is 2.76. The number of imidazole rings is 1. The molecule has 0 aliphatic heterocycles. The highest BCUT2D eigenvalue weighted by Crippen LogP contribution is 2.23. The van der Waals surface area contributed by atoms with Crippen LogP contribution < -0.4 is 5.32 Å². The first-order valence-electron chi connectivity index (χ1n) is 6.98. The normalized spacial score (nSPS) is 12.6. The molecule has 1 aromatic carbocycles. The molecule has 0 aliphatic rings. The Morgan fingerprint density at radius 3 is 2.63 bits per heavy atom. The Kier molecular flexibility index (Phi) is 4.38. The van der Waals surface area contributed by atoms with Crippen molar-refractivity contribution in [2.45, 2.75) is 40.2 Å². The highest BCUT2D eigenvalue weighted by Gasteiger charge is 2.12. The summed E-state index contributed by atoms with van der Waals surface area (Å²) in [6.45, 7) is 9.61. The van der Waals surface area contributed by atoms with Crippen LogP contribution in [0.15, 0.2) is 30.6 Å². The first-order chi connectivity index (χ1) is 9.15. The molecule has 1 aromatic heterocycles. The Hall–Kier alpha value is -1.61. The lowest BCUT2D eigenvalue weighted by molar-refractivity contribution is 0.568. The van der Waals surface area contributed by atoms with Crippen LogP contribution in [0.5, 0.6) is 0 Å². The van der Waals surface area contributed by atoms with Gasteiger partial charge in [-0.05, 0) is 45.4 Å². The summed E-state index contributed by atoms with van der Waals surface area (Å²) in [5.41, 5.74) is 4.83. The number of para-hydroxylation sites is 1. The van der Waals surface area contributed by atoms with Crippen LogP contribution in [0.3, 0.4) is 0 Å². The molecule has 2 aromatic rings. The largest absolute Gasteiger partial charge is 0.310 e. The van der Waals surface area contributed by atoms with E-state index in [-0.39, 0.29) is 0 Å². The second-order valence-corrected chi connectivity index (χ2v) is 5.02. The molecule has 0 amide bonds. The smallest absolute Gasteiger partial charge is 0.0997 e. The monoisotopic (exact) mass is 257 g/mol. The van der Waals surface area contributed by atoms with Crippen LogP contribution >= 0.6 is 0 Å². The zero-order valence-electron chi connectivity index (χ0n) is 12.3. The van der Waals surface area contributed by atoms with E-state index in [1.165, 1.54) is 16.9 Å². The topological polar surface area (TPSA) is 29.9 Å². The predicted molar refractivity (Wildman–Crippen MR) is 79.7 cm³/mol. The Labute approximate surface area is 115 Å². The molecule has 19 heavy (non-hydrogen) atoms. The van der Waals surface area contributed by atoms with Gasteiger partial charge in [-0.3, -0.25) is 0 Å². The van der Waals surface area contributed by atoms with Crippen LogP contribution in [0.2, 0.25) is 0 Å². The van der Waals surface area contributed by atoms with E-state index >= 15 is 0 Å². The average molecular weight is 257 g/mol. The zero-order valence-corrected chi connectivity index (χ0v) is 12.3. The number of hydrogen-bond donors (Lipinski definition) is 1. The van der Waals surface area contributed by atoms with Crippen molar-refractivity contribution in [2.24, 2.45) is 0 Å². The highest BCUT2D eigenvalue weighted by atomic mass is 15.1. The Bertz CT molecular complexity index is 543. The van der Waals surface area contributed by atoms with Crippen molar-refractivity contribution >= 4 is 0 Å². The summed E-state index contributed by atoms with van der Waals surface area (Å²) >= 11 is 0. The van der Waals surface area contributed by atoms with E-state index in [1.807, 2.05) is 13.3 Å². The van der Waals surface area contributed by atoms with Crippen molar-refractivity contribution in [1.29, 1.82) is 0 Å². The first kappa shape index (κ1) is 13.8. The number of aryl methyl sites for hydroxylation is 1. The van der Waals surface area contributed by atoms with Crippen molar-refractivity contribution in [3.63, 3.8) is 0 Å². The molecule has 102 valence electrons. The summed E-state index contributed by atoms with van der Waals surface area (Å²) in [5, 5.41) is 3.55. The summed E-state index contributed by atoms with van der Waals surface area (Å²) in [6, 6.07) is 8.88. The standard InChI is InChI=1S/C16H23N3/c1-5-10-17-13(3)15-8-6-7-9-16(15)19-11-18-12(2)14(19)4/h6-9,11,13,17H,5,10H2,1-4H3. The summed E-state index contributed by atoms with van der Waals surface area (Å²) in [7, 11) is 0. The van der Waals surface area contributed by atoms with Gasteiger partial charge in [0.25, 0.3) is 0 Å². The molecule has 1 unspecified atom stereocenters. The van der Waals surface area contributed by atoms with Crippen molar-refractivity contribution in [3.05, 3.63) is 47.5 Å². The second kappa shape index (κ2) is 6.02. The van der Waals surface area contributed by atoms with Crippen molar-refractivity contribution < 1.29 is 0 Å². The molecule has 0 radical (unpaired) electrons. The van der Waals surface area contributed by atoms with Crippen LogP contribution in [0.25, 0.3) is 5.69 Å². The Morgan fingerprint density at radius 1 is 1.26 bits per heavy atom. The molecule has 2 rings (SSSR count). The van der Waals surface area contributed by atoms with E-state index in [0.29, 0.717) is 6.04 Å². The lowest BCUT2D eigenvalue weighted by Gasteiger charge is -2.19. The minimum absolute atomic E-state index is 0.346. The molecule has 3 heteroatoms. The fourth-order valence-electron chi connectivity index (χ4n) is 2.29. The van der Waals surface area contributed by atoms with Crippen LogP contribution in [-0.2, 0) is 0 Å². The van der Waals surface area contributed by atoms with E-state index in [2.05, 4.69) is 59.9 Å². The molecule has 1 atom stereocenters. The van der Waals surface area contributed by atoms with Gasteiger partial charge in [-0.15, -0.1) is 0 Å². The van der Waals surface area contributed by atoms with Gasteiger partial charge in [-0.25, -0.2) is 4.98 Å². The van der Waals surface area contributed by atoms with Crippen molar-refractivity contribution in [3.8, 4) is 5.69 Å². The van der Waals surface area contributed by atoms with Gasteiger partial charge in [0.15, 0.2) is 0 Å². The summed E-state index contributed by atoms with van der Waals surface area (Å²) in [4.78, 5) is 4.40. The van der Waals surface area contributed by atoms with Gasteiger partial charge in [0, 0.05) is 11.7 Å². The predicted octanol–water partition coefficient (Wildman–Crippen LogP) is 3.55. The van der Waals surface area contributed by atoms with E-state index < -0.39 is 0 Å². The van der Waals surface area contributed by atoms with E-state index in [4.69, 9.17) is 0 Å². The molecule has 0 saturated heterocycles. The number of hydrogen-bond acceptors (Lipinski definition) is 2. The Morgan fingerprint density at radius 2 is 2.00 bits per heavy atom. The third-order valence-corrected chi connectivity index (χ3v) is 3.62. The minimum atomic E-state index is 0.346. The second-order valence-electron chi connectivity index (χ2n) is 5.02. The van der Waals surface area contributed by atoms with E-state index in [0.717, 1.165) is 18.7 Å². The summed E-state index contributed by atoms with van der Waals surface area (Å²) < 4.78 is 2.18. The molecule has 0 fully saturated rings. The van der Waals surface area contributed by atoms with Gasteiger partial charge in [-0.1, -0.05) is 25.1 Å². The van der Waals surface area contributed by atoms with Crippen LogP contribution in [0.4, 0.5) is 0 Å². The Balaban J connectivity index is 2.38. The highest BCUT2D eigenvalue weighted by molar-refractivity contribution is 5.44. The molecule has 3 nitrogen and oxygen atoms in total. The third kappa shape index (κ3) is 2.87. The maximum Gasteiger partial charge on any atom is 0.0997 e. The first-order valence-corrected chi connectivity index (χ1v) is 6.98. The van der Waals surface area contributed by atoms with Gasteiger partial charge in [-0.2, -0.15) is 0 Å². The maximum absolute atomic E-state index is 4.40. The van der Waals surface area contributed by atoms with Gasteiger partial charge in [0.1, 0.15) is 0 Å². The molecule has 1 N–H and O–H groups in total. The fourth-order valence-corrected chi connectivity index (χ4v) is 2.29. The van der Waals surface area contributed by atoms with Crippen LogP contribution in [0.1, 0.15) is 43.3 Å². The molecule has 0 aliphatic carbocycles. The van der Waals surface area contributed by atoms with Gasteiger partial charge < -0.3 is 9.88 Å². The SMILES string of the molecule is CCCNC(C)c1ccccc1-n1cnc(C)c1C. The van der Waals surface area contributed by atoms with Crippen molar-refractivity contribution in [1.82, 2.24) is 14.9 Å². The van der Waals surface area contributed by atoms with Crippen LogP contribution in [0, 0.1) is 13.8 Å². The molecular weight excluding hydrogens is 234 g/mol. The summed E-state index contributed by atoms with van der Waals surface area (Å²) in [6.07, 6.45) is 3.06. The third-order valence-electron chi connectivity index (χ3n) is 3.62. The number of aromatic nitrogens is 2. The number of benzene rings is 1. The molecule has 0 spiro atoms. The minimum Gasteiger partial charge on any atom is -0.310 e.